The number of carbonyl (C=O) groups excluding carboxylic acids is 3. The minimum Gasteiger partial charge on any atom is -0.464 e. The molecular weight excluding hydrogens is 845 g/mol. The average molecular weight is 912 g/mol. The highest BCUT2D eigenvalue weighted by Crippen LogP contribution is 2.51. The first-order valence-corrected chi connectivity index (χ1v) is 25.7. The molecule has 1 saturated carbocycles. The van der Waals surface area contributed by atoms with Crippen LogP contribution >= 0.6 is 11.3 Å². The van der Waals surface area contributed by atoms with E-state index in [1.165, 1.54) is 16.3 Å². The molecule has 2 amide bonds. The second kappa shape index (κ2) is 19.0. The number of nitrogens with zero attached hydrogens (tertiary/aromatic N) is 6. The van der Waals surface area contributed by atoms with Gasteiger partial charge in [-0.1, -0.05) is 40.7 Å². The zero-order valence-electron chi connectivity index (χ0n) is 39.3. The number of nitrogens with one attached hydrogen (secondary N) is 2. The number of thiazole rings is 1. The number of esters is 1. The Morgan fingerprint density at radius 2 is 1.88 bits per heavy atom. The highest BCUT2D eigenvalue weighted by molar-refractivity contribution is 7.11. The van der Waals surface area contributed by atoms with Crippen molar-refractivity contribution < 1.29 is 28.6 Å². The van der Waals surface area contributed by atoms with Crippen LogP contribution in [0.15, 0.2) is 35.8 Å². The van der Waals surface area contributed by atoms with E-state index in [9.17, 15) is 14.4 Å². The third-order valence-corrected chi connectivity index (χ3v) is 17.2. The summed E-state index contributed by atoms with van der Waals surface area (Å²) < 4.78 is 21.0. The molecule has 6 heterocycles. The quantitative estimate of drug-likeness (QED) is 0.122. The molecule has 2 N–H and O–H groups in total. The predicted octanol–water partition coefficient (Wildman–Crippen LogP) is 7.36. The number of aromatic nitrogens is 3. The first kappa shape index (κ1) is 46.3. The summed E-state index contributed by atoms with van der Waals surface area (Å²) in [5.74, 6) is 0.125. The van der Waals surface area contributed by atoms with Crippen LogP contribution in [0, 0.1) is 29.1 Å². The lowest BCUT2D eigenvalue weighted by molar-refractivity contribution is -0.151. The highest BCUT2D eigenvalue weighted by atomic mass is 32.1. The number of anilines is 1. The van der Waals surface area contributed by atoms with Gasteiger partial charge in [0.25, 0.3) is 0 Å². The number of fused-ring (bicyclic) bond motifs is 6. The maximum atomic E-state index is 14.8. The van der Waals surface area contributed by atoms with E-state index in [4.69, 9.17) is 24.2 Å². The Morgan fingerprint density at radius 1 is 1.11 bits per heavy atom. The fourth-order valence-electron chi connectivity index (χ4n) is 10.2. The Balaban J connectivity index is 1.28. The van der Waals surface area contributed by atoms with Gasteiger partial charge in [-0.25, -0.2) is 10.4 Å². The first-order valence-electron chi connectivity index (χ1n) is 23.3. The fraction of sp³-hybridized carbons (Fsp3) is 0.604. The number of ether oxygens (including phenoxy) is 3. The first-order chi connectivity index (χ1) is 30.6. The monoisotopic (exact) mass is 911 g/mol. The van der Waals surface area contributed by atoms with Gasteiger partial charge >= 0.3 is 14.9 Å². The SMILES string of the molecule is CCO[C@@H]1c2nc(cs2)-c2ccc3c(c2)c(c(-c2cc(N4CCN(C)CC4)cnc2[C@H](C)OC)n3CC)CC(C)(C)COC(=O)[C@@H]2CCCN(N2)C(=O)[Si]1NC(=O)[C@@H]1[C@@H](C)[C@H]1C(C)C. The number of amides is 2. The van der Waals surface area contributed by atoms with Gasteiger partial charge in [0.2, 0.25) is 11.4 Å². The molecule has 1 radical (unpaired) electrons. The lowest BCUT2D eigenvalue weighted by Gasteiger charge is -2.36. The highest BCUT2D eigenvalue weighted by Gasteiger charge is 2.54. The van der Waals surface area contributed by atoms with Crippen LogP contribution in [-0.4, -0.2) is 117 Å². The molecule has 0 spiro atoms. The summed E-state index contributed by atoms with van der Waals surface area (Å²) >= 11 is 1.45. The summed E-state index contributed by atoms with van der Waals surface area (Å²) in [6.07, 6.45) is 3.45. The van der Waals surface area contributed by atoms with E-state index in [1.54, 1.807) is 7.11 Å². The average Bonchev–Trinajstić information content (AvgIpc) is 3.58. The maximum Gasteiger partial charge on any atom is 0.324 e. The molecule has 2 saturated heterocycles. The van der Waals surface area contributed by atoms with Crippen LogP contribution in [0.5, 0.6) is 0 Å². The number of hydrogen-bond acceptors (Lipinski definition) is 12. The van der Waals surface area contributed by atoms with Crippen LogP contribution in [0.1, 0.15) is 96.3 Å². The van der Waals surface area contributed by atoms with E-state index in [0.29, 0.717) is 49.9 Å². The van der Waals surface area contributed by atoms with Crippen LogP contribution in [0.2, 0.25) is 0 Å². The maximum absolute atomic E-state index is 14.8. The number of benzene rings is 1. The number of aryl methyl sites for hydroxylation is 1. The molecule has 16 heteroatoms. The van der Waals surface area contributed by atoms with Gasteiger partial charge in [0.1, 0.15) is 16.8 Å². The predicted molar refractivity (Wildman–Crippen MR) is 253 cm³/mol. The molecule has 6 bridgehead atoms. The molecular formula is C48H67N8O6SSi. The van der Waals surface area contributed by atoms with Crippen LogP contribution in [-0.2, 0) is 36.8 Å². The molecule has 3 aromatic heterocycles. The standard InChI is InChI=1S/C48H67N8O6SSi/c1-11-55-38-16-15-31-22-33(38)35(42(55)34-23-32(25-49-41(34)30(6)60-10)54-20-18-53(9)19-21-54)24-48(7,8)27-62-45(58)36-14-13-17-56(51-36)47(59)64(46(61-12-2)44-50-37(31)26-63-44)52-43(57)40-29(5)39(40)28(3)4/h15-16,22-23,25-26,28-30,36,39-40,46,51H,11-14,17-21,24,27H2,1-10H3,(H,52,57)/t29-,30-,36-,39+,40+,46-/m0/s1. The molecule has 3 fully saturated rings. The summed E-state index contributed by atoms with van der Waals surface area (Å²) in [5.41, 5.74) is 9.69. The van der Waals surface area contributed by atoms with Crippen molar-refractivity contribution in [2.45, 2.75) is 99.1 Å². The molecule has 345 valence electrons. The minimum absolute atomic E-state index is 0.117. The van der Waals surface area contributed by atoms with Crippen molar-refractivity contribution in [3.63, 3.8) is 0 Å². The lowest BCUT2D eigenvalue weighted by Crippen LogP contribution is -2.63. The van der Waals surface area contributed by atoms with Crippen molar-refractivity contribution in [2.75, 3.05) is 65.0 Å². The lowest BCUT2D eigenvalue weighted by atomic mass is 9.84. The summed E-state index contributed by atoms with van der Waals surface area (Å²) in [5, 5.41) is 5.28. The van der Waals surface area contributed by atoms with Crippen LogP contribution < -0.4 is 15.3 Å². The van der Waals surface area contributed by atoms with Gasteiger partial charge in [0.05, 0.1) is 41.7 Å². The number of pyridine rings is 1. The number of carbonyl (C=O) groups is 3. The van der Waals surface area contributed by atoms with Crippen LogP contribution in [0.25, 0.3) is 33.4 Å². The van der Waals surface area contributed by atoms with E-state index in [-0.39, 0.29) is 41.9 Å². The molecule has 1 aromatic carbocycles. The summed E-state index contributed by atoms with van der Waals surface area (Å²) in [7, 11) is 1.38. The minimum atomic E-state index is -2.52. The molecule has 64 heavy (non-hydrogen) atoms. The molecule has 3 aliphatic heterocycles. The van der Waals surface area contributed by atoms with Crippen LogP contribution in [0.4, 0.5) is 10.5 Å². The summed E-state index contributed by atoms with van der Waals surface area (Å²) in [6.45, 7) is 22.2. The third-order valence-electron chi connectivity index (χ3n) is 13.9. The van der Waals surface area contributed by atoms with Gasteiger partial charge in [-0.2, -0.15) is 0 Å². The van der Waals surface area contributed by atoms with E-state index < -0.39 is 32.1 Å². The van der Waals surface area contributed by atoms with Gasteiger partial charge in [0, 0.05) is 91.7 Å². The number of piperazine rings is 1. The Kier molecular flexibility index (Phi) is 13.7. The van der Waals surface area contributed by atoms with E-state index >= 15 is 0 Å². The zero-order chi connectivity index (χ0) is 45.6. The van der Waals surface area contributed by atoms with Crippen LogP contribution in [0.3, 0.4) is 0 Å². The van der Waals surface area contributed by atoms with Crippen molar-refractivity contribution in [2.24, 2.45) is 29.1 Å². The molecule has 0 unspecified atom stereocenters. The smallest absolute Gasteiger partial charge is 0.324 e. The van der Waals surface area contributed by atoms with E-state index in [0.717, 1.165) is 76.5 Å². The molecule has 1 aliphatic carbocycles. The normalized spacial score (nSPS) is 25.1. The Labute approximate surface area is 384 Å². The summed E-state index contributed by atoms with van der Waals surface area (Å²) in [6, 6.07) is 8.11. The Hall–Kier alpha value is -4.19. The van der Waals surface area contributed by atoms with E-state index in [2.05, 4.69) is 97.6 Å². The largest absolute Gasteiger partial charge is 0.464 e. The molecule has 8 rings (SSSR count). The fourth-order valence-corrected chi connectivity index (χ4v) is 13.6. The number of rotatable bonds is 10. The van der Waals surface area contributed by atoms with Gasteiger partial charge in [-0.3, -0.25) is 24.4 Å². The number of cyclic esters (lactones) is 1. The molecule has 14 nitrogen and oxygen atoms in total. The third kappa shape index (κ3) is 9.15. The van der Waals surface area contributed by atoms with Crippen molar-refractivity contribution in [1.82, 2.24) is 34.9 Å². The topological polar surface area (TPSA) is 143 Å². The van der Waals surface area contributed by atoms with Crippen molar-refractivity contribution in [3.8, 4) is 22.5 Å². The number of hydrazine groups is 1. The van der Waals surface area contributed by atoms with Crippen molar-refractivity contribution in [3.05, 3.63) is 52.1 Å². The number of hydrogen-bond donors (Lipinski definition) is 2. The number of methoxy groups -OCH3 is 1. The van der Waals surface area contributed by atoms with Gasteiger partial charge < -0.3 is 33.6 Å². The van der Waals surface area contributed by atoms with Gasteiger partial charge in [-0.05, 0) is 88.6 Å². The zero-order valence-corrected chi connectivity index (χ0v) is 41.1. The summed E-state index contributed by atoms with van der Waals surface area (Å²) in [4.78, 5) is 61.3. The number of likely N-dealkylation sites (N-methyl/N-ethyl adjacent to an activating group) is 1. The van der Waals surface area contributed by atoms with Crippen molar-refractivity contribution >= 4 is 54.3 Å². The molecule has 6 atom stereocenters. The Morgan fingerprint density at radius 3 is 2.56 bits per heavy atom. The van der Waals surface area contributed by atoms with Gasteiger partial charge in [-0.15, -0.1) is 11.3 Å². The second-order valence-corrected chi connectivity index (χ2v) is 22.3. The van der Waals surface area contributed by atoms with Crippen molar-refractivity contribution in [1.29, 1.82) is 0 Å². The van der Waals surface area contributed by atoms with E-state index in [1.807, 2.05) is 25.4 Å². The van der Waals surface area contributed by atoms with Gasteiger partial charge in [0.15, 0.2) is 0 Å². The Bertz CT molecular complexity index is 2360. The molecule has 4 aliphatic rings. The second-order valence-electron chi connectivity index (χ2n) is 19.3. The molecule has 4 aromatic rings.